The maximum Gasteiger partial charge on any atom is 0.126 e. The minimum absolute atomic E-state index is 0.0477. The Labute approximate surface area is 135 Å². The van der Waals surface area contributed by atoms with Crippen molar-refractivity contribution in [2.45, 2.75) is 91.5 Å². The van der Waals surface area contributed by atoms with Crippen LogP contribution in [0, 0.1) is 27.7 Å². The summed E-state index contributed by atoms with van der Waals surface area (Å²) in [6.45, 7) is 15.5. The first-order valence-electron chi connectivity index (χ1n) is 8.61. The quantitative estimate of drug-likeness (QED) is 0.736. The summed E-state index contributed by atoms with van der Waals surface area (Å²) in [5.74, 6) is 1.16. The molecule has 1 saturated heterocycles. The Kier molecular flexibility index (Phi) is 3.60. The summed E-state index contributed by atoms with van der Waals surface area (Å²) in [5.41, 5.74) is 7.03. The van der Waals surface area contributed by atoms with Crippen LogP contribution < -0.4 is 4.74 Å². The van der Waals surface area contributed by atoms with Crippen molar-refractivity contribution in [3.63, 3.8) is 0 Å². The predicted molar refractivity (Wildman–Crippen MR) is 90.9 cm³/mol. The van der Waals surface area contributed by atoms with E-state index in [-0.39, 0.29) is 11.2 Å². The summed E-state index contributed by atoms with van der Waals surface area (Å²) in [6, 6.07) is 0. The second kappa shape index (κ2) is 4.99. The highest BCUT2D eigenvalue weighted by Crippen LogP contribution is 2.44. The van der Waals surface area contributed by atoms with Crippen molar-refractivity contribution >= 4 is 0 Å². The molecule has 1 unspecified atom stereocenters. The SMILES string of the molecule is Cc1c(C)c(C)c2c(c1C)CC[C@](C)(CCC1OC1(C)C)O2. The van der Waals surface area contributed by atoms with Gasteiger partial charge in [0, 0.05) is 0 Å². The van der Waals surface area contributed by atoms with E-state index in [2.05, 4.69) is 48.5 Å². The van der Waals surface area contributed by atoms with E-state index in [1.54, 1.807) is 0 Å². The molecule has 122 valence electrons. The average Bonchev–Trinajstić information content (AvgIpc) is 3.08. The Bertz CT molecular complexity index is 615. The lowest BCUT2D eigenvalue weighted by molar-refractivity contribution is 0.0508. The molecular weight excluding hydrogens is 272 g/mol. The molecule has 0 spiro atoms. The molecule has 0 N–H and O–H groups in total. The Morgan fingerprint density at radius 1 is 0.955 bits per heavy atom. The van der Waals surface area contributed by atoms with Crippen LogP contribution in [0.3, 0.4) is 0 Å². The summed E-state index contributed by atoms with van der Waals surface area (Å²) in [7, 11) is 0. The fourth-order valence-electron chi connectivity index (χ4n) is 3.83. The Balaban J connectivity index is 1.81. The van der Waals surface area contributed by atoms with Crippen molar-refractivity contribution in [2.24, 2.45) is 0 Å². The van der Waals surface area contributed by atoms with Crippen molar-refractivity contribution < 1.29 is 9.47 Å². The second-order valence-electron chi connectivity index (χ2n) is 8.11. The van der Waals surface area contributed by atoms with Crippen LogP contribution in [0.5, 0.6) is 5.75 Å². The number of ether oxygens (including phenoxy) is 2. The van der Waals surface area contributed by atoms with Gasteiger partial charge in [0.25, 0.3) is 0 Å². The monoisotopic (exact) mass is 302 g/mol. The van der Waals surface area contributed by atoms with E-state index < -0.39 is 0 Å². The van der Waals surface area contributed by atoms with Gasteiger partial charge in [-0.25, -0.2) is 0 Å². The van der Waals surface area contributed by atoms with E-state index >= 15 is 0 Å². The summed E-state index contributed by atoms with van der Waals surface area (Å²) < 4.78 is 12.3. The lowest BCUT2D eigenvalue weighted by Crippen LogP contribution is -2.37. The van der Waals surface area contributed by atoms with Gasteiger partial charge in [-0.15, -0.1) is 0 Å². The van der Waals surface area contributed by atoms with Gasteiger partial charge in [0.05, 0.1) is 11.7 Å². The lowest BCUT2D eigenvalue weighted by atomic mass is 9.83. The molecule has 2 atom stereocenters. The van der Waals surface area contributed by atoms with E-state index in [9.17, 15) is 0 Å². The van der Waals surface area contributed by atoms with E-state index in [4.69, 9.17) is 9.47 Å². The van der Waals surface area contributed by atoms with Gasteiger partial charge in [-0.3, -0.25) is 0 Å². The third kappa shape index (κ3) is 2.56. The highest BCUT2D eigenvalue weighted by atomic mass is 16.6. The highest BCUT2D eigenvalue weighted by Gasteiger charge is 2.48. The number of hydrogen-bond acceptors (Lipinski definition) is 2. The first-order valence-corrected chi connectivity index (χ1v) is 8.61. The van der Waals surface area contributed by atoms with Crippen LogP contribution in [0.4, 0.5) is 0 Å². The summed E-state index contributed by atoms with van der Waals surface area (Å²) in [6.07, 6.45) is 4.83. The smallest absolute Gasteiger partial charge is 0.126 e. The second-order valence-corrected chi connectivity index (χ2v) is 8.11. The van der Waals surface area contributed by atoms with Gasteiger partial charge < -0.3 is 9.47 Å². The van der Waals surface area contributed by atoms with Gasteiger partial charge >= 0.3 is 0 Å². The zero-order valence-corrected chi connectivity index (χ0v) is 15.2. The molecule has 0 radical (unpaired) electrons. The minimum atomic E-state index is -0.0477. The van der Waals surface area contributed by atoms with Gasteiger partial charge in [-0.1, -0.05) is 0 Å². The highest BCUT2D eigenvalue weighted by molar-refractivity contribution is 5.55. The van der Waals surface area contributed by atoms with Crippen LogP contribution in [0.1, 0.15) is 67.9 Å². The lowest BCUT2D eigenvalue weighted by Gasteiger charge is -2.38. The van der Waals surface area contributed by atoms with Crippen LogP contribution >= 0.6 is 0 Å². The molecule has 0 amide bonds. The van der Waals surface area contributed by atoms with E-state index in [0.29, 0.717) is 6.10 Å². The molecule has 0 saturated carbocycles. The summed E-state index contributed by atoms with van der Waals surface area (Å²) in [4.78, 5) is 0. The average molecular weight is 302 g/mol. The van der Waals surface area contributed by atoms with Gasteiger partial charge in [-0.05, 0) is 102 Å². The fourth-order valence-corrected chi connectivity index (χ4v) is 3.83. The Morgan fingerprint density at radius 2 is 1.55 bits per heavy atom. The van der Waals surface area contributed by atoms with Gasteiger partial charge in [0.2, 0.25) is 0 Å². The van der Waals surface area contributed by atoms with E-state index in [1.165, 1.54) is 27.8 Å². The molecule has 2 aliphatic heterocycles. The summed E-state index contributed by atoms with van der Waals surface area (Å²) in [5, 5.41) is 0. The molecular formula is C20H30O2. The van der Waals surface area contributed by atoms with Gasteiger partial charge in [-0.2, -0.15) is 0 Å². The number of rotatable bonds is 3. The maximum absolute atomic E-state index is 6.56. The molecule has 22 heavy (non-hydrogen) atoms. The largest absolute Gasteiger partial charge is 0.487 e. The number of benzene rings is 1. The van der Waals surface area contributed by atoms with Gasteiger partial charge in [0.1, 0.15) is 11.4 Å². The van der Waals surface area contributed by atoms with Crippen molar-refractivity contribution in [2.75, 3.05) is 0 Å². The Morgan fingerprint density at radius 3 is 2.14 bits per heavy atom. The minimum Gasteiger partial charge on any atom is -0.487 e. The van der Waals surface area contributed by atoms with Gasteiger partial charge in [0.15, 0.2) is 0 Å². The number of fused-ring (bicyclic) bond motifs is 1. The fraction of sp³-hybridized carbons (Fsp3) is 0.700. The first-order chi connectivity index (χ1) is 10.1. The first kappa shape index (κ1) is 15.9. The van der Waals surface area contributed by atoms with Crippen LogP contribution in [-0.4, -0.2) is 17.3 Å². The molecule has 2 heterocycles. The molecule has 1 aromatic carbocycles. The molecule has 0 bridgehead atoms. The van der Waals surface area contributed by atoms with E-state index in [1.807, 2.05) is 0 Å². The van der Waals surface area contributed by atoms with Crippen molar-refractivity contribution in [3.05, 3.63) is 27.8 Å². The van der Waals surface area contributed by atoms with Crippen molar-refractivity contribution in [3.8, 4) is 5.75 Å². The Hall–Kier alpha value is -1.02. The zero-order valence-electron chi connectivity index (χ0n) is 15.2. The predicted octanol–water partition coefficient (Wildman–Crippen LogP) is 4.96. The van der Waals surface area contributed by atoms with Crippen molar-refractivity contribution in [1.29, 1.82) is 0 Å². The molecule has 0 aromatic heterocycles. The number of epoxide rings is 1. The standard InChI is InChI=1S/C20H30O2/c1-12-13(2)15(4)18-16(14(12)3)8-10-20(7,22-18)11-9-17-19(5,6)21-17/h17H,8-11H2,1-7H3/t17?,20-/m1/s1. The molecule has 3 rings (SSSR count). The molecule has 0 aliphatic carbocycles. The van der Waals surface area contributed by atoms with E-state index in [0.717, 1.165) is 31.4 Å². The van der Waals surface area contributed by atoms with Crippen LogP contribution in [-0.2, 0) is 11.2 Å². The normalized spacial score (nSPS) is 29.0. The molecule has 1 aromatic rings. The maximum atomic E-state index is 6.56. The van der Waals surface area contributed by atoms with Crippen LogP contribution in [0.25, 0.3) is 0 Å². The number of hydrogen-bond donors (Lipinski definition) is 0. The summed E-state index contributed by atoms with van der Waals surface area (Å²) >= 11 is 0. The molecule has 2 aliphatic rings. The third-order valence-electron chi connectivity index (χ3n) is 6.11. The zero-order chi connectivity index (χ0) is 16.3. The van der Waals surface area contributed by atoms with Crippen LogP contribution in [0.2, 0.25) is 0 Å². The topological polar surface area (TPSA) is 21.8 Å². The molecule has 1 fully saturated rings. The molecule has 2 nitrogen and oxygen atoms in total. The van der Waals surface area contributed by atoms with Crippen LogP contribution in [0.15, 0.2) is 0 Å². The third-order valence-corrected chi connectivity index (χ3v) is 6.11. The van der Waals surface area contributed by atoms with Crippen molar-refractivity contribution in [1.82, 2.24) is 0 Å². The molecule has 2 heteroatoms.